The van der Waals surface area contributed by atoms with Gasteiger partial charge < -0.3 is 16.0 Å². The van der Waals surface area contributed by atoms with Crippen molar-refractivity contribution in [2.45, 2.75) is 13.0 Å². The standard InChI is InChI=1S/C14H13N7O2S/c1-7(13-20-21-14(15)24-13)18-11(22)9-6-17-10(19-12(9)23)8-3-2-4-16-5-8/h2-7H,1H3,(H2,15,21)(H,18,22)(H,17,19,23). The summed E-state index contributed by atoms with van der Waals surface area (Å²) < 4.78 is 0. The number of nitrogens with zero attached hydrogens (tertiary/aromatic N) is 4. The van der Waals surface area contributed by atoms with Crippen LogP contribution in [0.4, 0.5) is 5.13 Å². The highest BCUT2D eigenvalue weighted by atomic mass is 32.1. The van der Waals surface area contributed by atoms with Crippen LogP contribution in [0.1, 0.15) is 28.3 Å². The van der Waals surface area contributed by atoms with Crippen molar-refractivity contribution in [3.05, 3.63) is 51.6 Å². The molecule has 3 aromatic rings. The maximum Gasteiger partial charge on any atom is 0.264 e. The van der Waals surface area contributed by atoms with E-state index in [1.165, 1.54) is 17.5 Å². The lowest BCUT2D eigenvalue weighted by Gasteiger charge is -2.10. The fraction of sp³-hybridized carbons (Fsp3) is 0.143. The van der Waals surface area contributed by atoms with E-state index in [0.717, 1.165) is 0 Å². The van der Waals surface area contributed by atoms with Gasteiger partial charge in [0, 0.05) is 24.2 Å². The molecule has 0 aliphatic carbocycles. The smallest absolute Gasteiger partial charge is 0.264 e. The lowest BCUT2D eigenvalue weighted by molar-refractivity contribution is 0.0938. The minimum absolute atomic E-state index is 0.0908. The molecule has 0 aliphatic heterocycles. The Bertz CT molecular complexity index is 922. The third kappa shape index (κ3) is 3.27. The first-order valence-electron chi connectivity index (χ1n) is 6.94. The molecule has 4 N–H and O–H groups in total. The molecule has 0 saturated carbocycles. The van der Waals surface area contributed by atoms with E-state index in [9.17, 15) is 9.59 Å². The summed E-state index contributed by atoms with van der Waals surface area (Å²) in [6.07, 6.45) is 4.42. The Labute approximate surface area is 140 Å². The molecule has 0 fully saturated rings. The molecule has 3 aromatic heterocycles. The molecule has 0 radical (unpaired) electrons. The second kappa shape index (κ2) is 6.54. The molecule has 0 aliphatic rings. The number of rotatable bonds is 4. The van der Waals surface area contributed by atoms with E-state index >= 15 is 0 Å². The summed E-state index contributed by atoms with van der Waals surface area (Å²) >= 11 is 1.17. The Kier molecular flexibility index (Phi) is 4.29. The lowest BCUT2D eigenvalue weighted by atomic mass is 10.2. The van der Waals surface area contributed by atoms with Crippen molar-refractivity contribution in [3.63, 3.8) is 0 Å². The fourth-order valence-electron chi connectivity index (χ4n) is 1.96. The first kappa shape index (κ1) is 15.7. The number of nitrogens with one attached hydrogen (secondary N) is 2. The predicted octanol–water partition coefficient (Wildman–Crippen LogP) is 0.757. The maximum absolute atomic E-state index is 12.2. The first-order valence-corrected chi connectivity index (χ1v) is 7.75. The Balaban J connectivity index is 1.79. The number of anilines is 1. The molecular formula is C14H13N7O2S. The van der Waals surface area contributed by atoms with Gasteiger partial charge in [0.05, 0.1) is 6.04 Å². The predicted molar refractivity (Wildman–Crippen MR) is 88.3 cm³/mol. The van der Waals surface area contributed by atoms with E-state index in [2.05, 4.69) is 30.5 Å². The summed E-state index contributed by atoms with van der Waals surface area (Å²) in [6.45, 7) is 1.73. The minimum Gasteiger partial charge on any atom is -0.374 e. The van der Waals surface area contributed by atoms with Crippen molar-refractivity contribution in [2.75, 3.05) is 5.73 Å². The van der Waals surface area contributed by atoms with Gasteiger partial charge in [-0.15, -0.1) is 10.2 Å². The van der Waals surface area contributed by atoms with Crippen molar-refractivity contribution >= 4 is 22.4 Å². The van der Waals surface area contributed by atoms with Crippen LogP contribution in [0.2, 0.25) is 0 Å². The molecule has 3 rings (SSSR count). The molecule has 10 heteroatoms. The van der Waals surface area contributed by atoms with Crippen molar-refractivity contribution in [1.82, 2.24) is 30.5 Å². The quantitative estimate of drug-likeness (QED) is 0.635. The van der Waals surface area contributed by atoms with Crippen LogP contribution >= 0.6 is 11.3 Å². The molecule has 24 heavy (non-hydrogen) atoms. The number of H-pyrrole nitrogens is 1. The van der Waals surface area contributed by atoms with E-state index in [4.69, 9.17) is 5.73 Å². The molecule has 0 aromatic carbocycles. The van der Waals surface area contributed by atoms with E-state index in [1.807, 2.05) is 0 Å². The fourth-order valence-corrected chi connectivity index (χ4v) is 2.58. The zero-order valence-corrected chi connectivity index (χ0v) is 13.4. The number of amides is 1. The number of pyridine rings is 1. The van der Waals surface area contributed by atoms with Crippen LogP contribution in [-0.4, -0.2) is 31.1 Å². The van der Waals surface area contributed by atoms with Crippen LogP contribution in [0.3, 0.4) is 0 Å². The molecule has 0 saturated heterocycles. The molecule has 1 amide bonds. The Morgan fingerprint density at radius 3 is 2.83 bits per heavy atom. The highest BCUT2D eigenvalue weighted by Crippen LogP contribution is 2.19. The number of aromatic nitrogens is 5. The second-order valence-corrected chi connectivity index (χ2v) is 5.93. The topological polar surface area (TPSA) is 140 Å². The summed E-state index contributed by atoms with van der Waals surface area (Å²) in [5.74, 6) is -0.211. The van der Waals surface area contributed by atoms with Crippen molar-refractivity contribution < 1.29 is 4.79 Å². The van der Waals surface area contributed by atoms with Gasteiger partial charge in [-0.2, -0.15) is 0 Å². The summed E-state index contributed by atoms with van der Waals surface area (Å²) in [7, 11) is 0. The molecule has 9 nitrogen and oxygen atoms in total. The van der Waals surface area contributed by atoms with Crippen LogP contribution in [0.5, 0.6) is 0 Å². The van der Waals surface area contributed by atoms with Crippen LogP contribution < -0.4 is 16.6 Å². The summed E-state index contributed by atoms with van der Waals surface area (Å²) in [4.78, 5) is 35.1. The average Bonchev–Trinajstić information content (AvgIpc) is 3.02. The second-order valence-electron chi connectivity index (χ2n) is 4.89. The zero-order chi connectivity index (χ0) is 17.1. The Hall–Kier alpha value is -3.14. The summed E-state index contributed by atoms with van der Waals surface area (Å²) in [5, 5.41) is 11.1. The number of hydrogen-bond donors (Lipinski definition) is 3. The normalized spacial score (nSPS) is 11.9. The van der Waals surface area contributed by atoms with Gasteiger partial charge in [0.15, 0.2) is 0 Å². The molecule has 0 spiro atoms. The molecule has 122 valence electrons. The first-order chi connectivity index (χ1) is 11.5. The van der Waals surface area contributed by atoms with Crippen molar-refractivity contribution in [3.8, 4) is 11.4 Å². The molecule has 0 bridgehead atoms. The molecule has 1 unspecified atom stereocenters. The number of carbonyl (C=O) groups excluding carboxylic acids is 1. The lowest BCUT2D eigenvalue weighted by Crippen LogP contribution is -2.32. The van der Waals surface area contributed by atoms with Gasteiger partial charge in [-0.25, -0.2) is 4.98 Å². The number of aromatic amines is 1. The minimum atomic E-state index is -0.553. The zero-order valence-electron chi connectivity index (χ0n) is 12.6. The maximum atomic E-state index is 12.2. The van der Waals surface area contributed by atoms with E-state index < -0.39 is 17.5 Å². The van der Waals surface area contributed by atoms with Gasteiger partial charge in [0.1, 0.15) is 16.4 Å². The van der Waals surface area contributed by atoms with Gasteiger partial charge in [-0.05, 0) is 19.1 Å². The van der Waals surface area contributed by atoms with Gasteiger partial charge in [-0.3, -0.25) is 14.6 Å². The number of hydrogen-bond acceptors (Lipinski definition) is 8. The average molecular weight is 343 g/mol. The van der Waals surface area contributed by atoms with Gasteiger partial charge in [-0.1, -0.05) is 11.3 Å². The van der Waals surface area contributed by atoms with Crippen LogP contribution in [0.25, 0.3) is 11.4 Å². The number of carbonyl (C=O) groups is 1. The third-order valence-electron chi connectivity index (χ3n) is 3.15. The molecule has 1 atom stereocenters. The Morgan fingerprint density at radius 1 is 1.38 bits per heavy atom. The van der Waals surface area contributed by atoms with Gasteiger partial charge in [0.2, 0.25) is 5.13 Å². The van der Waals surface area contributed by atoms with Gasteiger partial charge in [0.25, 0.3) is 11.5 Å². The molecular weight excluding hydrogens is 330 g/mol. The van der Waals surface area contributed by atoms with E-state index in [-0.39, 0.29) is 5.56 Å². The van der Waals surface area contributed by atoms with E-state index in [0.29, 0.717) is 21.5 Å². The summed E-state index contributed by atoms with van der Waals surface area (Å²) in [6, 6.07) is 3.06. The third-order valence-corrected chi connectivity index (χ3v) is 4.09. The number of nitrogens with two attached hydrogens (primary N) is 1. The molecule has 3 heterocycles. The number of nitrogen functional groups attached to an aromatic ring is 1. The Morgan fingerprint density at radius 2 is 2.21 bits per heavy atom. The van der Waals surface area contributed by atoms with E-state index in [1.54, 1.807) is 31.5 Å². The van der Waals surface area contributed by atoms with Crippen LogP contribution in [0.15, 0.2) is 35.5 Å². The van der Waals surface area contributed by atoms with Crippen LogP contribution in [0, 0.1) is 0 Å². The monoisotopic (exact) mass is 343 g/mol. The summed E-state index contributed by atoms with van der Waals surface area (Å²) in [5.41, 5.74) is 5.54. The van der Waals surface area contributed by atoms with Crippen LogP contribution in [-0.2, 0) is 0 Å². The SMILES string of the molecule is CC(NC(=O)c1cnc(-c2cccnc2)[nH]c1=O)c1nnc(N)s1. The van der Waals surface area contributed by atoms with Crippen molar-refractivity contribution in [2.24, 2.45) is 0 Å². The van der Waals surface area contributed by atoms with Gasteiger partial charge >= 0.3 is 0 Å². The highest BCUT2D eigenvalue weighted by molar-refractivity contribution is 7.15. The highest BCUT2D eigenvalue weighted by Gasteiger charge is 2.18. The largest absolute Gasteiger partial charge is 0.374 e. The van der Waals surface area contributed by atoms with Crippen molar-refractivity contribution in [1.29, 1.82) is 0 Å².